The first-order valence-electron chi connectivity index (χ1n) is 8.08. The quantitative estimate of drug-likeness (QED) is 0.880. The number of aryl methyl sites for hydroxylation is 1. The highest BCUT2D eigenvalue weighted by atomic mass is 16.5. The molecule has 0 saturated carbocycles. The van der Waals surface area contributed by atoms with E-state index >= 15 is 0 Å². The van der Waals surface area contributed by atoms with Gasteiger partial charge >= 0.3 is 0 Å². The first kappa shape index (κ1) is 15.5. The summed E-state index contributed by atoms with van der Waals surface area (Å²) < 4.78 is 6.01. The van der Waals surface area contributed by atoms with Gasteiger partial charge in [0, 0.05) is 13.0 Å². The van der Waals surface area contributed by atoms with Gasteiger partial charge in [0.1, 0.15) is 0 Å². The smallest absolute Gasteiger partial charge is 0.0745 e. The summed E-state index contributed by atoms with van der Waals surface area (Å²) in [4.78, 5) is 0. The highest BCUT2D eigenvalue weighted by Gasteiger charge is 2.35. The average Bonchev–Trinajstić information content (AvgIpc) is 2.46. The number of hydrogen-bond donors (Lipinski definition) is 1. The van der Waals surface area contributed by atoms with Crippen LogP contribution >= 0.6 is 0 Å². The van der Waals surface area contributed by atoms with E-state index in [4.69, 9.17) is 4.74 Å². The fraction of sp³-hybridized carbons (Fsp3) is 0.667. The van der Waals surface area contributed by atoms with Crippen LogP contribution in [0, 0.1) is 12.8 Å². The van der Waals surface area contributed by atoms with Crippen LogP contribution in [0.2, 0.25) is 0 Å². The van der Waals surface area contributed by atoms with Crippen molar-refractivity contribution in [2.75, 3.05) is 13.2 Å². The third kappa shape index (κ3) is 3.62. The Balaban J connectivity index is 2.17. The van der Waals surface area contributed by atoms with Crippen molar-refractivity contribution in [3.8, 4) is 0 Å². The lowest BCUT2D eigenvalue weighted by atomic mass is 9.74. The monoisotopic (exact) mass is 276 g/mol. The SMILES string of the molecule is CC[C@@]1(C)C[C@H]([C@@H](CC[NH3+])c2ccc(C)cc2)CCO1. The van der Waals surface area contributed by atoms with Crippen molar-refractivity contribution in [3.63, 3.8) is 0 Å². The number of rotatable bonds is 5. The van der Waals surface area contributed by atoms with E-state index in [1.165, 1.54) is 30.4 Å². The minimum atomic E-state index is 0.0764. The molecule has 3 atom stereocenters. The Morgan fingerprint density at radius 2 is 2.05 bits per heavy atom. The van der Waals surface area contributed by atoms with Crippen molar-refractivity contribution < 1.29 is 10.5 Å². The van der Waals surface area contributed by atoms with Gasteiger partial charge in [-0.1, -0.05) is 36.8 Å². The maximum atomic E-state index is 6.01. The van der Waals surface area contributed by atoms with Crippen molar-refractivity contribution in [1.82, 2.24) is 0 Å². The molecule has 0 spiro atoms. The molecule has 2 nitrogen and oxygen atoms in total. The van der Waals surface area contributed by atoms with Crippen LogP contribution in [0.25, 0.3) is 0 Å². The first-order chi connectivity index (χ1) is 9.58. The Morgan fingerprint density at radius 3 is 2.65 bits per heavy atom. The average molecular weight is 276 g/mol. The summed E-state index contributed by atoms with van der Waals surface area (Å²) in [5.41, 5.74) is 7.00. The lowest BCUT2D eigenvalue weighted by molar-refractivity contribution is -0.369. The minimum absolute atomic E-state index is 0.0764. The van der Waals surface area contributed by atoms with E-state index in [0.29, 0.717) is 5.92 Å². The zero-order valence-electron chi connectivity index (χ0n) is 13.3. The summed E-state index contributed by atoms with van der Waals surface area (Å²) in [5, 5.41) is 0. The molecule has 1 aliphatic rings. The molecule has 0 amide bonds. The van der Waals surface area contributed by atoms with Crippen LogP contribution in [0.1, 0.15) is 56.6 Å². The first-order valence-corrected chi connectivity index (χ1v) is 8.08. The van der Waals surface area contributed by atoms with Gasteiger partial charge in [-0.05, 0) is 50.5 Å². The van der Waals surface area contributed by atoms with E-state index in [0.717, 1.165) is 25.5 Å². The van der Waals surface area contributed by atoms with Crippen LogP contribution in [0.15, 0.2) is 24.3 Å². The Hall–Kier alpha value is -0.860. The van der Waals surface area contributed by atoms with Gasteiger partial charge in [-0.3, -0.25) is 0 Å². The van der Waals surface area contributed by atoms with Crippen molar-refractivity contribution in [2.24, 2.45) is 5.92 Å². The molecule has 1 aromatic carbocycles. The summed E-state index contributed by atoms with van der Waals surface area (Å²) >= 11 is 0. The van der Waals surface area contributed by atoms with Gasteiger partial charge in [0.05, 0.1) is 12.1 Å². The molecular weight excluding hydrogens is 246 g/mol. The van der Waals surface area contributed by atoms with E-state index in [1.807, 2.05) is 0 Å². The third-order valence-electron chi connectivity index (χ3n) is 4.97. The Bertz CT molecular complexity index is 414. The normalized spacial score (nSPS) is 28.3. The number of benzene rings is 1. The lowest BCUT2D eigenvalue weighted by Crippen LogP contribution is -2.51. The van der Waals surface area contributed by atoms with Gasteiger partial charge in [-0.15, -0.1) is 0 Å². The van der Waals surface area contributed by atoms with Crippen LogP contribution in [0.3, 0.4) is 0 Å². The molecule has 0 unspecified atom stereocenters. The molecule has 2 heteroatoms. The largest absolute Gasteiger partial charge is 0.375 e. The summed E-state index contributed by atoms with van der Waals surface area (Å²) in [6.45, 7) is 8.59. The molecule has 1 saturated heterocycles. The zero-order chi connectivity index (χ0) is 14.6. The molecular formula is C18H30NO+. The van der Waals surface area contributed by atoms with E-state index in [9.17, 15) is 0 Å². The van der Waals surface area contributed by atoms with Crippen LogP contribution in [0.4, 0.5) is 0 Å². The molecule has 20 heavy (non-hydrogen) atoms. The van der Waals surface area contributed by atoms with E-state index in [2.05, 4.69) is 50.8 Å². The molecule has 0 aliphatic carbocycles. The molecule has 1 fully saturated rings. The van der Waals surface area contributed by atoms with E-state index in [1.54, 1.807) is 0 Å². The topological polar surface area (TPSA) is 36.9 Å². The van der Waals surface area contributed by atoms with E-state index < -0.39 is 0 Å². The van der Waals surface area contributed by atoms with Gasteiger partial charge in [0.15, 0.2) is 0 Å². The number of ether oxygens (including phenoxy) is 1. The molecule has 3 N–H and O–H groups in total. The maximum Gasteiger partial charge on any atom is 0.0745 e. The van der Waals surface area contributed by atoms with Crippen LogP contribution in [-0.2, 0) is 4.74 Å². The van der Waals surface area contributed by atoms with Gasteiger partial charge in [0.25, 0.3) is 0 Å². The van der Waals surface area contributed by atoms with Crippen molar-refractivity contribution in [1.29, 1.82) is 0 Å². The molecule has 1 aliphatic heterocycles. The molecule has 112 valence electrons. The Morgan fingerprint density at radius 1 is 1.35 bits per heavy atom. The van der Waals surface area contributed by atoms with Crippen LogP contribution < -0.4 is 5.73 Å². The molecule has 1 aromatic rings. The Labute approximate surface area is 123 Å². The van der Waals surface area contributed by atoms with E-state index in [-0.39, 0.29) is 5.60 Å². The summed E-state index contributed by atoms with van der Waals surface area (Å²) in [6, 6.07) is 9.11. The zero-order valence-corrected chi connectivity index (χ0v) is 13.3. The summed E-state index contributed by atoms with van der Waals surface area (Å²) in [5.74, 6) is 1.38. The second-order valence-corrected chi connectivity index (χ2v) is 6.56. The highest BCUT2D eigenvalue weighted by Crippen LogP contribution is 2.41. The van der Waals surface area contributed by atoms with Crippen molar-refractivity contribution in [3.05, 3.63) is 35.4 Å². The van der Waals surface area contributed by atoms with Gasteiger partial charge in [-0.25, -0.2) is 0 Å². The van der Waals surface area contributed by atoms with Gasteiger partial charge in [-0.2, -0.15) is 0 Å². The third-order valence-corrected chi connectivity index (χ3v) is 4.97. The molecule has 0 bridgehead atoms. The standard InChI is InChI=1S/C18H29NO/c1-4-18(3)13-16(10-12-20-18)17(9-11-19)15-7-5-14(2)6-8-15/h5-8,16-17H,4,9-13,19H2,1-3H3/p+1/t16-,17+,18+/m1/s1. The second kappa shape index (κ2) is 6.73. The van der Waals surface area contributed by atoms with Crippen LogP contribution in [-0.4, -0.2) is 18.8 Å². The van der Waals surface area contributed by atoms with Gasteiger partial charge in [0.2, 0.25) is 0 Å². The molecule has 1 heterocycles. The summed E-state index contributed by atoms with van der Waals surface area (Å²) in [7, 11) is 0. The fourth-order valence-electron chi connectivity index (χ4n) is 3.47. The predicted molar refractivity (Wildman–Crippen MR) is 83.7 cm³/mol. The maximum absolute atomic E-state index is 6.01. The number of quaternary nitrogens is 1. The second-order valence-electron chi connectivity index (χ2n) is 6.56. The number of hydrogen-bond acceptors (Lipinski definition) is 1. The Kier molecular flexibility index (Phi) is 5.22. The predicted octanol–water partition coefficient (Wildman–Crippen LogP) is 3.31. The highest BCUT2D eigenvalue weighted by molar-refractivity contribution is 5.25. The van der Waals surface area contributed by atoms with Crippen molar-refractivity contribution >= 4 is 0 Å². The molecule has 0 aromatic heterocycles. The minimum Gasteiger partial charge on any atom is -0.375 e. The summed E-state index contributed by atoms with van der Waals surface area (Å²) in [6.07, 6.45) is 4.66. The van der Waals surface area contributed by atoms with Crippen LogP contribution in [0.5, 0.6) is 0 Å². The van der Waals surface area contributed by atoms with Crippen molar-refractivity contribution in [2.45, 2.75) is 58.0 Å². The lowest BCUT2D eigenvalue weighted by Gasteiger charge is -2.41. The van der Waals surface area contributed by atoms with Gasteiger partial charge < -0.3 is 10.5 Å². The molecule has 2 rings (SSSR count). The molecule has 0 radical (unpaired) electrons. The fourth-order valence-corrected chi connectivity index (χ4v) is 3.47.